The Morgan fingerprint density at radius 1 is 1.31 bits per heavy atom. The molecule has 0 saturated carbocycles. The Morgan fingerprint density at radius 2 is 2.06 bits per heavy atom. The van der Waals surface area contributed by atoms with Crippen LogP contribution in [-0.2, 0) is 8.35 Å². The molecule has 0 bridgehead atoms. The second-order valence-corrected chi connectivity index (χ2v) is 6.92. The summed E-state index contributed by atoms with van der Waals surface area (Å²) in [6, 6.07) is 7.90. The van der Waals surface area contributed by atoms with Crippen LogP contribution < -0.4 is 4.74 Å². The van der Waals surface area contributed by atoms with Gasteiger partial charge < -0.3 is 0 Å². The van der Waals surface area contributed by atoms with Crippen molar-refractivity contribution in [1.82, 2.24) is 0 Å². The molecule has 0 spiro atoms. The molecule has 1 aromatic rings. The van der Waals surface area contributed by atoms with Crippen molar-refractivity contribution in [3.05, 3.63) is 29.8 Å². The van der Waals surface area contributed by atoms with Crippen LogP contribution in [0.1, 0.15) is 24.8 Å². The van der Waals surface area contributed by atoms with Crippen LogP contribution in [0.3, 0.4) is 0 Å². The Hall–Kier alpha value is -0.261. The van der Waals surface area contributed by atoms with Crippen LogP contribution in [0.2, 0.25) is 0 Å². The van der Waals surface area contributed by atoms with Gasteiger partial charge in [0.25, 0.3) is 0 Å². The van der Waals surface area contributed by atoms with E-state index in [1.165, 1.54) is 0 Å². The number of hydrogen-bond donors (Lipinski definition) is 1. The average molecular weight is 327 g/mol. The van der Waals surface area contributed by atoms with Crippen LogP contribution in [0.15, 0.2) is 24.3 Å². The van der Waals surface area contributed by atoms with Crippen molar-refractivity contribution in [2.45, 2.75) is 22.9 Å². The molecule has 3 nitrogen and oxygen atoms in total. The van der Waals surface area contributed by atoms with Gasteiger partial charge in [0.05, 0.1) is 0 Å². The fraction of sp³-hybridized carbons (Fsp3) is 0.500. The van der Waals surface area contributed by atoms with E-state index < -0.39 is 21.6 Å². The van der Waals surface area contributed by atoms with Crippen LogP contribution in [0.25, 0.3) is 0 Å². The second-order valence-electron chi connectivity index (χ2n) is 3.97. The van der Waals surface area contributed by atoms with Crippen LogP contribution >= 0.6 is 0 Å². The molecule has 0 amide bonds. The van der Waals surface area contributed by atoms with Crippen molar-refractivity contribution in [3.63, 3.8) is 0 Å². The molecule has 16 heavy (non-hydrogen) atoms. The molecule has 1 N–H and O–H groups in total. The van der Waals surface area contributed by atoms with Crippen molar-refractivity contribution in [1.29, 1.82) is 0 Å². The standard InChI is InChI=1S/C12H15O2.H2O.Sn/c1-13-11-7-5-10(6-8-11)12-4-2-3-9-14-12;;/h5-8H,2-4,9H2,1H3;1H2;/q;;+1/p-1. The molecule has 1 aliphatic heterocycles. The number of hydrogen-bond acceptors (Lipinski definition) is 3. The molecule has 1 heterocycles. The molecule has 1 aliphatic rings. The van der Waals surface area contributed by atoms with Gasteiger partial charge in [-0.3, -0.25) is 0 Å². The van der Waals surface area contributed by atoms with Crippen LogP contribution in [0, 0.1) is 0 Å². The second kappa shape index (κ2) is 5.38. The molecule has 0 aromatic heterocycles. The zero-order chi connectivity index (χ0) is 11.4. The van der Waals surface area contributed by atoms with Crippen LogP contribution in [-0.4, -0.2) is 38.7 Å². The minimum absolute atomic E-state index is 0.326. The van der Waals surface area contributed by atoms with Gasteiger partial charge in [0.15, 0.2) is 0 Å². The van der Waals surface area contributed by atoms with E-state index in [4.69, 9.17) is 9.47 Å². The third kappa shape index (κ3) is 2.36. The number of benzene rings is 1. The molecular weight excluding hydrogens is 311 g/mol. The zero-order valence-electron chi connectivity index (χ0n) is 9.40. The first-order chi connectivity index (χ1) is 7.80. The Kier molecular flexibility index (Phi) is 4.10. The predicted molar refractivity (Wildman–Crippen MR) is 62.4 cm³/mol. The number of ether oxygens (including phenoxy) is 2. The maximum absolute atomic E-state index is 9.74. The van der Waals surface area contributed by atoms with Gasteiger partial charge in [-0.1, -0.05) is 0 Å². The quantitative estimate of drug-likeness (QED) is 0.859. The summed E-state index contributed by atoms with van der Waals surface area (Å²) in [6.45, 7) is 0.771. The third-order valence-electron chi connectivity index (χ3n) is 3.01. The Balaban J connectivity index is 2.24. The van der Waals surface area contributed by atoms with E-state index in [0.717, 1.165) is 37.2 Å². The van der Waals surface area contributed by atoms with Gasteiger partial charge in [0.2, 0.25) is 0 Å². The summed E-state index contributed by atoms with van der Waals surface area (Å²) in [7, 11) is 1.66. The summed E-state index contributed by atoms with van der Waals surface area (Å²) in [5, 5.41) is 0. The molecular formula is C12H16O3Sn. The maximum atomic E-state index is 9.74. The van der Waals surface area contributed by atoms with E-state index in [0.29, 0.717) is 0 Å². The number of rotatable bonds is 3. The molecule has 1 aromatic carbocycles. The topological polar surface area (TPSA) is 38.7 Å². The number of methoxy groups -OCH3 is 1. The minimum atomic E-state index is -1.50. The molecule has 1 saturated heterocycles. The first kappa shape index (κ1) is 12.2. The van der Waals surface area contributed by atoms with Crippen molar-refractivity contribution in [3.8, 4) is 5.75 Å². The van der Waals surface area contributed by atoms with Gasteiger partial charge in [-0.25, -0.2) is 0 Å². The van der Waals surface area contributed by atoms with E-state index >= 15 is 0 Å². The molecule has 86 valence electrons. The van der Waals surface area contributed by atoms with Crippen LogP contribution in [0.5, 0.6) is 5.75 Å². The van der Waals surface area contributed by atoms with Gasteiger partial charge in [0, 0.05) is 0 Å². The van der Waals surface area contributed by atoms with Gasteiger partial charge in [-0.2, -0.15) is 0 Å². The average Bonchev–Trinajstić information content (AvgIpc) is 2.39. The zero-order valence-corrected chi connectivity index (χ0v) is 12.3. The van der Waals surface area contributed by atoms with Crippen molar-refractivity contribution in [2.75, 3.05) is 13.7 Å². The monoisotopic (exact) mass is 328 g/mol. The molecule has 2 rings (SSSR count). The molecule has 1 fully saturated rings. The van der Waals surface area contributed by atoms with Gasteiger partial charge in [-0.05, 0) is 0 Å². The summed E-state index contributed by atoms with van der Waals surface area (Å²) in [4.78, 5) is 0. The fourth-order valence-corrected chi connectivity index (χ4v) is 4.18. The van der Waals surface area contributed by atoms with E-state index in [2.05, 4.69) is 0 Å². The summed E-state index contributed by atoms with van der Waals surface area (Å²) in [5.74, 6) is 0.845. The van der Waals surface area contributed by atoms with Crippen molar-refractivity contribution >= 4 is 21.6 Å². The normalized spacial score (nSPS) is 25.4. The van der Waals surface area contributed by atoms with E-state index in [9.17, 15) is 3.44 Å². The Labute approximate surface area is 107 Å². The summed E-state index contributed by atoms with van der Waals surface area (Å²) < 4.78 is 20.4. The SMILES string of the molecule is COc1ccc([C]2([Sn][OH])CCCCO2)cc1. The molecule has 1 atom stereocenters. The van der Waals surface area contributed by atoms with Crippen molar-refractivity contribution < 1.29 is 12.9 Å². The van der Waals surface area contributed by atoms with Gasteiger partial charge >= 0.3 is 107 Å². The molecule has 4 heteroatoms. The summed E-state index contributed by atoms with van der Waals surface area (Å²) in [6.07, 6.45) is 3.22. The molecule has 2 radical (unpaired) electrons. The van der Waals surface area contributed by atoms with Crippen molar-refractivity contribution in [2.24, 2.45) is 0 Å². The van der Waals surface area contributed by atoms with Gasteiger partial charge in [-0.15, -0.1) is 0 Å². The summed E-state index contributed by atoms with van der Waals surface area (Å²) in [5.41, 5.74) is 1.11. The molecule has 0 aliphatic carbocycles. The first-order valence-corrected chi connectivity index (χ1v) is 8.21. The van der Waals surface area contributed by atoms with E-state index in [1.807, 2.05) is 24.3 Å². The third-order valence-corrected chi connectivity index (χ3v) is 5.99. The Morgan fingerprint density at radius 3 is 2.56 bits per heavy atom. The van der Waals surface area contributed by atoms with Crippen LogP contribution in [0.4, 0.5) is 0 Å². The summed E-state index contributed by atoms with van der Waals surface area (Å²) >= 11 is -1.50. The Bertz CT molecular complexity index is 331. The van der Waals surface area contributed by atoms with E-state index in [1.54, 1.807) is 7.11 Å². The molecule has 1 unspecified atom stereocenters. The van der Waals surface area contributed by atoms with E-state index in [-0.39, 0.29) is 3.62 Å². The first-order valence-electron chi connectivity index (χ1n) is 5.50. The fourth-order valence-electron chi connectivity index (χ4n) is 2.04. The van der Waals surface area contributed by atoms with Gasteiger partial charge in [0.1, 0.15) is 0 Å². The predicted octanol–water partition coefficient (Wildman–Crippen LogP) is 1.66.